The number of carbonyl (C=O) groups excluding carboxylic acids is 3. The minimum atomic E-state index is -0.923. The van der Waals surface area contributed by atoms with E-state index in [1.165, 1.54) is 6.92 Å². The standard InChI is InChI=1S/C22H28N2O5/c1-15(28-19(25)10-7-13-23-21(27)29-22(2,3)4)20(26)24-18-12-11-16-8-5-6-9-17(16)14-18/h5-6,8-9,11-12,14-15H,7,10,13H2,1-4H3,(H,23,27)(H,24,26)/t15-/m0/s1. The topological polar surface area (TPSA) is 93.7 Å². The molecule has 0 aliphatic rings. The van der Waals surface area contributed by atoms with Crippen molar-refractivity contribution in [3.8, 4) is 0 Å². The molecule has 0 saturated carbocycles. The van der Waals surface area contributed by atoms with Gasteiger partial charge in [0.25, 0.3) is 5.91 Å². The normalized spacial score (nSPS) is 12.1. The molecule has 29 heavy (non-hydrogen) atoms. The molecule has 2 amide bonds. The molecule has 2 aromatic carbocycles. The van der Waals surface area contributed by atoms with E-state index < -0.39 is 29.7 Å². The Kier molecular flexibility index (Phi) is 7.59. The van der Waals surface area contributed by atoms with Gasteiger partial charge in [-0.1, -0.05) is 30.3 Å². The number of nitrogens with one attached hydrogen (secondary N) is 2. The molecule has 0 spiro atoms. The second-order valence-electron chi connectivity index (χ2n) is 7.72. The number of benzene rings is 2. The molecule has 156 valence electrons. The quantitative estimate of drug-likeness (QED) is 0.541. The fraction of sp³-hybridized carbons (Fsp3) is 0.409. The van der Waals surface area contributed by atoms with Crippen LogP contribution in [0.3, 0.4) is 0 Å². The fourth-order valence-electron chi connectivity index (χ4n) is 2.56. The first-order valence-electron chi connectivity index (χ1n) is 9.60. The largest absolute Gasteiger partial charge is 0.453 e. The number of hydrogen-bond acceptors (Lipinski definition) is 5. The van der Waals surface area contributed by atoms with Crippen LogP contribution in [0.1, 0.15) is 40.5 Å². The van der Waals surface area contributed by atoms with Crippen molar-refractivity contribution >= 4 is 34.4 Å². The number of carbonyl (C=O) groups is 3. The summed E-state index contributed by atoms with van der Waals surface area (Å²) < 4.78 is 10.3. The molecule has 0 bridgehead atoms. The first kappa shape index (κ1) is 22.2. The zero-order valence-electron chi connectivity index (χ0n) is 17.3. The molecule has 0 saturated heterocycles. The van der Waals surface area contributed by atoms with Crippen LogP contribution in [-0.2, 0) is 19.1 Å². The maximum absolute atomic E-state index is 12.3. The predicted octanol–water partition coefficient (Wildman–Crippen LogP) is 4.01. The highest BCUT2D eigenvalue weighted by molar-refractivity contribution is 5.97. The monoisotopic (exact) mass is 400 g/mol. The highest BCUT2D eigenvalue weighted by Gasteiger charge is 2.18. The van der Waals surface area contributed by atoms with Gasteiger partial charge < -0.3 is 20.1 Å². The zero-order valence-corrected chi connectivity index (χ0v) is 17.3. The van der Waals surface area contributed by atoms with E-state index in [4.69, 9.17) is 9.47 Å². The Morgan fingerprint density at radius 2 is 1.72 bits per heavy atom. The summed E-state index contributed by atoms with van der Waals surface area (Å²) in [4.78, 5) is 35.7. The van der Waals surface area contributed by atoms with Crippen LogP contribution < -0.4 is 10.6 Å². The van der Waals surface area contributed by atoms with Gasteiger partial charge in [-0.3, -0.25) is 9.59 Å². The summed E-state index contributed by atoms with van der Waals surface area (Å²) in [5.74, 6) is -0.905. The zero-order chi connectivity index (χ0) is 21.4. The summed E-state index contributed by atoms with van der Waals surface area (Å²) in [6.45, 7) is 7.12. The summed E-state index contributed by atoms with van der Waals surface area (Å²) in [5.41, 5.74) is 0.0646. The molecule has 0 radical (unpaired) electrons. The summed E-state index contributed by atoms with van der Waals surface area (Å²) >= 11 is 0. The average molecular weight is 400 g/mol. The van der Waals surface area contributed by atoms with Crippen molar-refractivity contribution in [1.29, 1.82) is 0 Å². The van der Waals surface area contributed by atoms with E-state index in [0.29, 0.717) is 12.1 Å². The predicted molar refractivity (Wildman–Crippen MR) is 112 cm³/mol. The minimum Gasteiger partial charge on any atom is -0.453 e. The van der Waals surface area contributed by atoms with Crippen LogP contribution in [0, 0.1) is 0 Å². The third-order valence-corrected chi connectivity index (χ3v) is 3.92. The van der Waals surface area contributed by atoms with E-state index >= 15 is 0 Å². The molecule has 7 nitrogen and oxygen atoms in total. The smallest absolute Gasteiger partial charge is 0.407 e. The maximum Gasteiger partial charge on any atom is 0.407 e. The van der Waals surface area contributed by atoms with Crippen molar-refractivity contribution in [3.63, 3.8) is 0 Å². The molecule has 2 N–H and O–H groups in total. The molecule has 0 heterocycles. The number of rotatable bonds is 7. The van der Waals surface area contributed by atoms with E-state index in [9.17, 15) is 14.4 Å². The summed E-state index contributed by atoms with van der Waals surface area (Å²) in [5, 5.41) is 7.40. The van der Waals surface area contributed by atoms with Gasteiger partial charge in [-0.25, -0.2) is 4.79 Å². The Hall–Kier alpha value is -3.09. The van der Waals surface area contributed by atoms with E-state index in [1.807, 2.05) is 36.4 Å². The van der Waals surface area contributed by atoms with E-state index in [1.54, 1.807) is 26.8 Å². The van der Waals surface area contributed by atoms with Gasteiger partial charge in [0.05, 0.1) is 0 Å². The number of fused-ring (bicyclic) bond motifs is 1. The molecule has 0 aliphatic heterocycles. The highest BCUT2D eigenvalue weighted by atomic mass is 16.6. The lowest BCUT2D eigenvalue weighted by Crippen LogP contribution is -2.33. The Bertz CT molecular complexity index is 873. The summed E-state index contributed by atoms with van der Waals surface area (Å²) in [7, 11) is 0. The first-order valence-corrected chi connectivity index (χ1v) is 9.60. The van der Waals surface area contributed by atoms with Crippen LogP contribution in [-0.4, -0.2) is 36.2 Å². The van der Waals surface area contributed by atoms with Crippen LogP contribution in [0.5, 0.6) is 0 Å². The lowest BCUT2D eigenvalue weighted by Gasteiger charge is -2.19. The van der Waals surface area contributed by atoms with Crippen molar-refractivity contribution < 1.29 is 23.9 Å². The highest BCUT2D eigenvalue weighted by Crippen LogP contribution is 2.19. The molecule has 0 aromatic heterocycles. The van der Waals surface area contributed by atoms with Crippen molar-refractivity contribution in [2.24, 2.45) is 0 Å². The van der Waals surface area contributed by atoms with Crippen LogP contribution in [0.4, 0.5) is 10.5 Å². The van der Waals surface area contributed by atoms with Gasteiger partial charge in [-0.15, -0.1) is 0 Å². The van der Waals surface area contributed by atoms with E-state index in [-0.39, 0.29) is 13.0 Å². The molecule has 2 aromatic rings. The molecule has 0 fully saturated rings. The van der Waals surface area contributed by atoms with Gasteiger partial charge in [0, 0.05) is 18.7 Å². The number of alkyl carbamates (subject to hydrolysis) is 1. The molecular formula is C22H28N2O5. The van der Waals surface area contributed by atoms with Gasteiger partial charge in [-0.2, -0.15) is 0 Å². The Balaban J connectivity index is 1.72. The SMILES string of the molecule is C[C@H](OC(=O)CCCNC(=O)OC(C)(C)C)C(=O)Nc1ccc2ccccc2c1. The number of hydrogen-bond donors (Lipinski definition) is 2. The summed E-state index contributed by atoms with van der Waals surface area (Å²) in [6, 6.07) is 13.4. The second-order valence-corrected chi connectivity index (χ2v) is 7.72. The van der Waals surface area contributed by atoms with E-state index in [2.05, 4.69) is 10.6 Å². The Labute approximate surface area is 170 Å². The molecular weight excluding hydrogens is 372 g/mol. The second kappa shape index (κ2) is 9.91. The van der Waals surface area contributed by atoms with Crippen LogP contribution >= 0.6 is 0 Å². The van der Waals surface area contributed by atoms with Crippen molar-refractivity contribution in [2.75, 3.05) is 11.9 Å². The van der Waals surface area contributed by atoms with Crippen LogP contribution in [0.15, 0.2) is 42.5 Å². The van der Waals surface area contributed by atoms with Gasteiger partial charge in [0.2, 0.25) is 0 Å². The van der Waals surface area contributed by atoms with Crippen LogP contribution in [0.2, 0.25) is 0 Å². The molecule has 1 atom stereocenters. The number of esters is 1. The lowest BCUT2D eigenvalue weighted by molar-refractivity contribution is -0.153. The van der Waals surface area contributed by atoms with Crippen molar-refractivity contribution in [2.45, 2.75) is 52.2 Å². The Morgan fingerprint density at radius 1 is 1.03 bits per heavy atom. The molecule has 0 aliphatic carbocycles. The van der Waals surface area contributed by atoms with Crippen molar-refractivity contribution in [1.82, 2.24) is 5.32 Å². The lowest BCUT2D eigenvalue weighted by atomic mass is 10.1. The number of ether oxygens (including phenoxy) is 2. The van der Waals surface area contributed by atoms with Gasteiger partial charge in [-0.05, 0) is 57.0 Å². The van der Waals surface area contributed by atoms with Gasteiger partial charge in [0.1, 0.15) is 5.60 Å². The molecule has 0 unspecified atom stereocenters. The first-order chi connectivity index (χ1) is 13.6. The Morgan fingerprint density at radius 3 is 2.41 bits per heavy atom. The summed E-state index contributed by atoms with van der Waals surface area (Å²) in [6.07, 6.45) is -0.984. The van der Waals surface area contributed by atoms with Crippen molar-refractivity contribution in [3.05, 3.63) is 42.5 Å². The number of amides is 2. The van der Waals surface area contributed by atoms with Gasteiger partial charge >= 0.3 is 12.1 Å². The van der Waals surface area contributed by atoms with Crippen LogP contribution in [0.25, 0.3) is 10.8 Å². The third kappa shape index (κ3) is 7.81. The maximum atomic E-state index is 12.3. The van der Waals surface area contributed by atoms with Gasteiger partial charge in [0.15, 0.2) is 6.10 Å². The molecule has 2 rings (SSSR count). The fourth-order valence-corrected chi connectivity index (χ4v) is 2.56. The minimum absolute atomic E-state index is 0.0867. The van der Waals surface area contributed by atoms with E-state index in [0.717, 1.165) is 10.8 Å². The average Bonchev–Trinajstić information content (AvgIpc) is 2.63. The number of anilines is 1. The third-order valence-electron chi connectivity index (χ3n) is 3.92. The molecule has 7 heteroatoms.